The van der Waals surface area contributed by atoms with Gasteiger partial charge in [0.15, 0.2) is 11.0 Å². The lowest BCUT2D eigenvalue weighted by atomic mass is 10.2. The lowest BCUT2D eigenvalue weighted by Gasteiger charge is -2.16. The highest BCUT2D eigenvalue weighted by Gasteiger charge is 2.22. The third kappa shape index (κ3) is 6.04. The molecule has 1 unspecified atom stereocenters. The maximum Gasteiger partial charge on any atom is 0.251 e. The van der Waals surface area contributed by atoms with Gasteiger partial charge in [-0.1, -0.05) is 29.4 Å². The van der Waals surface area contributed by atoms with Crippen molar-refractivity contribution in [2.45, 2.75) is 18.1 Å². The van der Waals surface area contributed by atoms with E-state index in [0.717, 1.165) is 5.56 Å². The molecule has 3 rings (SSSR count). The fourth-order valence-corrected chi connectivity index (χ4v) is 3.88. The van der Waals surface area contributed by atoms with Gasteiger partial charge in [-0.2, -0.15) is 0 Å². The number of aromatic nitrogens is 3. The quantitative estimate of drug-likeness (QED) is 0.395. The molecule has 0 radical (unpaired) electrons. The summed E-state index contributed by atoms with van der Waals surface area (Å²) in [4.78, 5) is 24.9. The Labute approximate surface area is 200 Å². The van der Waals surface area contributed by atoms with Crippen molar-refractivity contribution in [3.63, 3.8) is 0 Å². The molecule has 11 heteroatoms. The van der Waals surface area contributed by atoms with E-state index >= 15 is 0 Å². The van der Waals surface area contributed by atoms with Gasteiger partial charge >= 0.3 is 0 Å². The Morgan fingerprint density at radius 1 is 1.21 bits per heavy atom. The molecular formula is C22H24ClN5O4S. The first-order chi connectivity index (χ1) is 15.8. The van der Waals surface area contributed by atoms with Crippen molar-refractivity contribution in [3.8, 4) is 5.75 Å². The van der Waals surface area contributed by atoms with Crippen LogP contribution in [-0.4, -0.2) is 51.2 Å². The highest BCUT2D eigenvalue weighted by molar-refractivity contribution is 7.99. The van der Waals surface area contributed by atoms with Gasteiger partial charge in [0, 0.05) is 23.3 Å². The highest BCUT2D eigenvalue weighted by Crippen LogP contribution is 2.24. The third-order valence-electron chi connectivity index (χ3n) is 4.89. The Balaban J connectivity index is 1.62. The second-order valence-corrected chi connectivity index (χ2v) is 8.44. The number of thioether (sulfide) groups is 1. The molecule has 1 aromatic heterocycles. The fourth-order valence-electron chi connectivity index (χ4n) is 2.99. The molecule has 3 aromatic rings. The second kappa shape index (κ2) is 11.2. The molecule has 0 aliphatic carbocycles. The Morgan fingerprint density at radius 3 is 2.61 bits per heavy atom. The van der Waals surface area contributed by atoms with Crippen LogP contribution in [0.15, 0.2) is 47.6 Å². The molecule has 0 aliphatic heterocycles. The standard InChI is InChI=1S/C22H24ClN5O4S/c1-13-16(23)5-4-6-17(13)24-19(30)12-33-22-27-26-20(28(22)2)18(11-29)25-21(31)14-7-9-15(32-3)10-8-14/h4-10,18,29H,11-12H2,1-3H3,(H,24,30)(H,25,31). The van der Waals surface area contributed by atoms with Gasteiger partial charge in [0.25, 0.3) is 5.91 Å². The number of nitrogens with one attached hydrogen (secondary N) is 2. The SMILES string of the molecule is COc1ccc(C(=O)NC(CO)c2nnc(SCC(=O)Nc3cccc(Cl)c3C)n2C)cc1. The van der Waals surface area contributed by atoms with Gasteiger partial charge in [-0.25, -0.2) is 0 Å². The minimum absolute atomic E-state index is 0.0971. The van der Waals surface area contributed by atoms with Crippen molar-refractivity contribution >= 4 is 40.9 Å². The topological polar surface area (TPSA) is 118 Å². The molecule has 0 saturated carbocycles. The monoisotopic (exact) mass is 489 g/mol. The lowest BCUT2D eigenvalue weighted by Crippen LogP contribution is -2.32. The summed E-state index contributed by atoms with van der Waals surface area (Å²) in [5, 5.41) is 24.6. The number of rotatable bonds is 9. The minimum Gasteiger partial charge on any atom is -0.497 e. The molecule has 0 bridgehead atoms. The van der Waals surface area contributed by atoms with Crippen LogP contribution in [-0.2, 0) is 11.8 Å². The zero-order valence-electron chi connectivity index (χ0n) is 18.3. The van der Waals surface area contributed by atoms with Gasteiger partial charge in [-0.05, 0) is 48.9 Å². The summed E-state index contributed by atoms with van der Waals surface area (Å²) in [6.07, 6.45) is 0. The predicted octanol–water partition coefficient (Wildman–Crippen LogP) is 2.98. The first-order valence-electron chi connectivity index (χ1n) is 9.96. The van der Waals surface area contributed by atoms with E-state index in [-0.39, 0.29) is 24.2 Å². The molecule has 0 spiro atoms. The zero-order valence-corrected chi connectivity index (χ0v) is 19.9. The Kier molecular flexibility index (Phi) is 8.32. The Hall–Kier alpha value is -3.08. The van der Waals surface area contributed by atoms with E-state index in [1.807, 2.05) is 6.92 Å². The van der Waals surface area contributed by atoms with Gasteiger partial charge < -0.3 is 25.0 Å². The normalized spacial score (nSPS) is 11.7. The number of carbonyl (C=O) groups is 2. The van der Waals surface area contributed by atoms with Crippen molar-refractivity contribution in [1.82, 2.24) is 20.1 Å². The molecule has 174 valence electrons. The van der Waals surface area contributed by atoms with E-state index in [4.69, 9.17) is 16.3 Å². The molecule has 9 nitrogen and oxygen atoms in total. The van der Waals surface area contributed by atoms with E-state index in [1.165, 1.54) is 11.8 Å². The van der Waals surface area contributed by atoms with Gasteiger partial charge in [-0.15, -0.1) is 10.2 Å². The van der Waals surface area contributed by atoms with E-state index in [2.05, 4.69) is 20.8 Å². The zero-order chi connectivity index (χ0) is 24.0. The van der Waals surface area contributed by atoms with Gasteiger partial charge in [0.05, 0.1) is 19.5 Å². The smallest absolute Gasteiger partial charge is 0.251 e. The molecule has 0 fully saturated rings. The number of hydrogen-bond acceptors (Lipinski definition) is 7. The number of hydrogen-bond donors (Lipinski definition) is 3. The number of anilines is 1. The first-order valence-corrected chi connectivity index (χ1v) is 11.3. The number of benzene rings is 2. The number of nitrogens with zero attached hydrogens (tertiary/aromatic N) is 3. The molecule has 3 N–H and O–H groups in total. The number of aliphatic hydroxyl groups is 1. The molecule has 1 heterocycles. The van der Waals surface area contributed by atoms with Crippen LogP contribution in [0, 0.1) is 6.92 Å². The molecule has 0 saturated heterocycles. The van der Waals surface area contributed by atoms with Crippen LogP contribution in [0.4, 0.5) is 5.69 Å². The van der Waals surface area contributed by atoms with Crippen molar-refractivity contribution in [2.75, 3.05) is 24.8 Å². The largest absolute Gasteiger partial charge is 0.497 e. The van der Waals surface area contributed by atoms with Crippen LogP contribution in [0.5, 0.6) is 5.75 Å². The van der Waals surface area contributed by atoms with E-state index in [1.54, 1.807) is 61.2 Å². The number of aliphatic hydroxyl groups excluding tert-OH is 1. The van der Waals surface area contributed by atoms with Crippen molar-refractivity contribution in [2.24, 2.45) is 7.05 Å². The number of carbonyl (C=O) groups excluding carboxylic acids is 2. The Morgan fingerprint density at radius 2 is 1.94 bits per heavy atom. The highest BCUT2D eigenvalue weighted by atomic mass is 35.5. The molecule has 33 heavy (non-hydrogen) atoms. The van der Waals surface area contributed by atoms with Crippen LogP contribution >= 0.6 is 23.4 Å². The van der Waals surface area contributed by atoms with E-state index < -0.39 is 6.04 Å². The number of methoxy groups -OCH3 is 1. The molecular weight excluding hydrogens is 466 g/mol. The summed E-state index contributed by atoms with van der Waals surface area (Å²) in [5.41, 5.74) is 1.85. The van der Waals surface area contributed by atoms with E-state index in [0.29, 0.717) is 33.0 Å². The number of ether oxygens (including phenoxy) is 1. The van der Waals surface area contributed by atoms with Crippen LogP contribution in [0.2, 0.25) is 5.02 Å². The maximum absolute atomic E-state index is 12.6. The lowest BCUT2D eigenvalue weighted by molar-refractivity contribution is -0.113. The fraction of sp³-hybridized carbons (Fsp3) is 0.273. The number of amides is 2. The molecule has 2 amide bonds. The van der Waals surface area contributed by atoms with Crippen LogP contribution in [0.3, 0.4) is 0 Å². The predicted molar refractivity (Wildman–Crippen MR) is 127 cm³/mol. The van der Waals surface area contributed by atoms with E-state index in [9.17, 15) is 14.7 Å². The van der Waals surface area contributed by atoms with Crippen LogP contribution in [0.1, 0.15) is 27.8 Å². The Bertz CT molecular complexity index is 1140. The summed E-state index contributed by atoms with van der Waals surface area (Å²) >= 11 is 7.28. The summed E-state index contributed by atoms with van der Waals surface area (Å²) in [6.45, 7) is 1.46. The summed E-state index contributed by atoms with van der Waals surface area (Å²) in [7, 11) is 3.25. The number of halogens is 1. The summed E-state index contributed by atoms with van der Waals surface area (Å²) in [6, 6.07) is 11.1. The third-order valence-corrected chi connectivity index (χ3v) is 6.32. The van der Waals surface area contributed by atoms with Gasteiger partial charge in [0.2, 0.25) is 5.91 Å². The summed E-state index contributed by atoms with van der Waals surface area (Å²) < 4.78 is 6.73. The van der Waals surface area contributed by atoms with Crippen LogP contribution < -0.4 is 15.4 Å². The average Bonchev–Trinajstić information content (AvgIpc) is 3.19. The summed E-state index contributed by atoms with van der Waals surface area (Å²) in [5.74, 6) is 0.509. The molecule has 1 atom stereocenters. The van der Waals surface area contributed by atoms with Crippen molar-refractivity contribution < 1.29 is 19.4 Å². The van der Waals surface area contributed by atoms with Gasteiger partial charge in [-0.3, -0.25) is 9.59 Å². The van der Waals surface area contributed by atoms with Crippen LogP contribution in [0.25, 0.3) is 0 Å². The maximum atomic E-state index is 12.6. The first kappa shape index (κ1) is 24.6. The second-order valence-electron chi connectivity index (χ2n) is 7.09. The van der Waals surface area contributed by atoms with Crippen molar-refractivity contribution in [1.29, 1.82) is 0 Å². The molecule has 2 aromatic carbocycles. The minimum atomic E-state index is -0.769. The van der Waals surface area contributed by atoms with Gasteiger partial charge in [0.1, 0.15) is 11.8 Å². The van der Waals surface area contributed by atoms with Crippen molar-refractivity contribution in [3.05, 3.63) is 64.4 Å². The molecule has 0 aliphatic rings. The average molecular weight is 490 g/mol.